The second-order valence-corrected chi connectivity index (χ2v) is 9.84. The maximum absolute atomic E-state index is 12.7. The molecule has 2 N–H and O–H groups in total. The fourth-order valence-corrected chi connectivity index (χ4v) is 5.77. The van der Waals surface area contributed by atoms with Crippen molar-refractivity contribution >= 4 is 11.9 Å². The Hall–Kier alpha value is -1.10. The van der Waals surface area contributed by atoms with E-state index in [9.17, 15) is 14.7 Å². The number of likely N-dealkylation sites (N-methyl/N-ethyl adjacent to an activating group) is 1. The highest BCUT2D eigenvalue weighted by atomic mass is 16.4. The minimum Gasteiger partial charge on any atom is -0.481 e. The number of unbranched alkanes of at least 4 members (excludes halogenated alkanes) is 4. The lowest BCUT2D eigenvalue weighted by molar-refractivity contribution is -1.04. The highest BCUT2D eigenvalue weighted by Gasteiger charge is 2.66. The van der Waals surface area contributed by atoms with Crippen molar-refractivity contribution in [3.05, 3.63) is 0 Å². The molecule has 1 saturated heterocycles. The first-order valence-electron chi connectivity index (χ1n) is 10.7. The van der Waals surface area contributed by atoms with Gasteiger partial charge in [0, 0.05) is 32.1 Å². The van der Waals surface area contributed by atoms with Crippen LogP contribution in [0.3, 0.4) is 0 Å². The van der Waals surface area contributed by atoms with Crippen LogP contribution in [0, 0.1) is 0 Å². The normalized spacial score (nSPS) is 22.7. The molecule has 1 aliphatic heterocycles. The molecule has 0 radical (unpaired) electrons. The molecule has 1 unspecified atom stereocenters. The Kier molecular flexibility index (Phi) is 7.92. The molecule has 27 heavy (non-hydrogen) atoms. The number of quaternary nitrogens is 1. The second-order valence-electron chi connectivity index (χ2n) is 9.84. The van der Waals surface area contributed by atoms with Gasteiger partial charge in [0.15, 0.2) is 5.54 Å². The third-order valence-electron chi connectivity index (χ3n) is 7.82. The molecule has 0 aromatic rings. The Morgan fingerprint density at radius 2 is 1.41 bits per heavy atom. The predicted octanol–water partition coefficient (Wildman–Crippen LogP) is 5.22. The van der Waals surface area contributed by atoms with Gasteiger partial charge in [-0.2, -0.15) is 0 Å². The molecule has 5 nitrogen and oxygen atoms in total. The van der Waals surface area contributed by atoms with Crippen LogP contribution in [0.1, 0.15) is 105 Å². The predicted molar refractivity (Wildman–Crippen MR) is 109 cm³/mol. The zero-order valence-corrected chi connectivity index (χ0v) is 18.4. The molecule has 0 aromatic heterocycles. The fraction of sp³-hybridized carbons (Fsp3) is 0.909. The summed E-state index contributed by atoms with van der Waals surface area (Å²) >= 11 is 0. The first kappa shape index (κ1) is 23.9. The molecular weight excluding hydrogens is 342 g/mol. The van der Waals surface area contributed by atoms with E-state index in [1.54, 1.807) is 0 Å². The number of aliphatic carboxylic acids is 2. The summed E-state index contributed by atoms with van der Waals surface area (Å²) in [4.78, 5) is 23.3. The van der Waals surface area contributed by atoms with Crippen molar-refractivity contribution in [3.63, 3.8) is 0 Å². The number of likely N-dealkylation sites (tertiary alicyclic amines) is 1. The molecule has 1 heterocycles. The Bertz CT molecular complexity index is 510. The number of carboxylic acid groups (broad SMARTS) is 2. The third-order valence-corrected chi connectivity index (χ3v) is 7.82. The molecule has 0 aromatic carbocycles. The lowest BCUT2D eigenvalue weighted by Gasteiger charge is -2.66. The van der Waals surface area contributed by atoms with Gasteiger partial charge in [-0.05, 0) is 47.0 Å². The van der Waals surface area contributed by atoms with Gasteiger partial charge in [-0.1, -0.05) is 26.2 Å². The van der Waals surface area contributed by atoms with Crippen LogP contribution in [-0.2, 0) is 9.59 Å². The molecule has 0 bridgehead atoms. The molecule has 1 fully saturated rings. The Labute approximate surface area is 165 Å². The van der Waals surface area contributed by atoms with Crippen molar-refractivity contribution in [3.8, 4) is 0 Å². The van der Waals surface area contributed by atoms with Crippen LogP contribution in [0.4, 0.5) is 0 Å². The van der Waals surface area contributed by atoms with Crippen molar-refractivity contribution in [1.82, 2.24) is 0 Å². The van der Waals surface area contributed by atoms with Gasteiger partial charge in [0.2, 0.25) is 0 Å². The molecule has 0 aliphatic carbocycles. The van der Waals surface area contributed by atoms with Gasteiger partial charge in [-0.3, -0.25) is 4.79 Å². The van der Waals surface area contributed by atoms with E-state index in [4.69, 9.17) is 5.11 Å². The van der Waals surface area contributed by atoms with E-state index in [-0.39, 0.29) is 17.5 Å². The van der Waals surface area contributed by atoms with Gasteiger partial charge in [0.1, 0.15) is 0 Å². The summed E-state index contributed by atoms with van der Waals surface area (Å²) in [7, 11) is 2.18. The highest BCUT2D eigenvalue weighted by molar-refractivity contribution is 5.77. The van der Waals surface area contributed by atoms with Gasteiger partial charge >= 0.3 is 11.9 Å². The third kappa shape index (κ3) is 4.49. The van der Waals surface area contributed by atoms with Crippen LogP contribution in [0.5, 0.6) is 0 Å². The van der Waals surface area contributed by atoms with Gasteiger partial charge in [-0.15, -0.1) is 0 Å². The molecule has 0 spiro atoms. The van der Waals surface area contributed by atoms with E-state index in [2.05, 4.69) is 34.7 Å². The van der Waals surface area contributed by atoms with Gasteiger partial charge < -0.3 is 14.7 Å². The zero-order valence-electron chi connectivity index (χ0n) is 18.4. The van der Waals surface area contributed by atoms with Crippen LogP contribution in [0.2, 0.25) is 0 Å². The van der Waals surface area contributed by atoms with E-state index < -0.39 is 17.5 Å². The van der Waals surface area contributed by atoms with E-state index in [1.807, 2.05) is 6.92 Å². The van der Waals surface area contributed by atoms with Crippen molar-refractivity contribution in [2.75, 3.05) is 7.05 Å². The second kappa shape index (κ2) is 8.93. The van der Waals surface area contributed by atoms with Crippen LogP contribution in [0.15, 0.2) is 0 Å². The average Bonchev–Trinajstić information content (AvgIpc) is 2.54. The monoisotopic (exact) mass is 384 g/mol. The van der Waals surface area contributed by atoms with Crippen molar-refractivity contribution < 1.29 is 24.3 Å². The number of carbonyl (C=O) groups is 2. The van der Waals surface area contributed by atoms with E-state index in [0.717, 1.165) is 44.9 Å². The molecule has 0 amide bonds. The van der Waals surface area contributed by atoms with Crippen LogP contribution < -0.4 is 0 Å². The van der Waals surface area contributed by atoms with E-state index in [0.29, 0.717) is 23.7 Å². The maximum atomic E-state index is 12.7. The largest absolute Gasteiger partial charge is 0.481 e. The quantitative estimate of drug-likeness (QED) is 0.378. The van der Waals surface area contributed by atoms with Gasteiger partial charge in [0.05, 0.1) is 18.1 Å². The maximum Gasteiger partial charge on any atom is 0.365 e. The summed E-state index contributed by atoms with van der Waals surface area (Å²) in [6, 6.07) is 0. The topological polar surface area (TPSA) is 74.6 Å². The molecular formula is C22H42NO4+. The summed E-state index contributed by atoms with van der Waals surface area (Å²) in [6.45, 7) is 11.0. The molecule has 1 atom stereocenters. The van der Waals surface area contributed by atoms with E-state index in [1.165, 1.54) is 0 Å². The molecule has 158 valence electrons. The minimum absolute atomic E-state index is 0.0857. The van der Waals surface area contributed by atoms with Crippen LogP contribution in [0.25, 0.3) is 0 Å². The lowest BCUT2D eigenvalue weighted by Crippen LogP contribution is -2.81. The number of hydrogen-bond acceptors (Lipinski definition) is 2. The number of nitrogens with zero attached hydrogens (tertiary/aromatic N) is 1. The Morgan fingerprint density at radius 3 is 1.85 bits per heavy atom. The number of piperidine rings is 1. The molecule has 1 aliphatic rings. The first-order chi connectivity index (χ1) is 12.4. The number of hydrogen-bond donors (Lipinski definition) is 2. The summed E-state index contributed by atoms with van der Waals surface area (Å²) in [5.74, 6) is -1.40. The van der Waals surface area contributed by atoms with Crippen molar-refractivity contribution in [2.45, 2.75) is 122 Å². The summed E-state index contributed by atoms with van der Waals surface area (Å²) in [5, 5.41) is 19.1. The SMILES string of the molecule is CCC(CCCCCCCC(=O)O)(C(=O)O)[N+]1(C)C(C)(C)CCCC1(C)C. The fourth-order valence-electron chi connectivity index (χ4n) is 5.77. The van der Waals surface area contributed by atoms with Gasteiger partial charge in [0.25, 0.3) is 0 Å². The summed E-state index contributed by atoms with van der Waals surface area (Å²) in [5.41, 5.74) is -0.955. The smallest absolute Gasteiger partial charge is 0.365 e. The van der Waals surface area contributed by atoms with E-state index >= 15 is 0 Å². The summed E-state index contributed by atoms with van der Waals surface area (Å²) in [6.07, 6.45) is 9.23. The first-order valence-corrected chi connectivity index (χ1v) is 10.7. The van der Waals surface area contributed by atoms with Crippen LogP contribution >= 0.6 is 0 Å². The van der Waals surface area contributed by atoms with Crippen molar-refractivity contribution in [1.29, 1.82) is 0 Å². The Morgan fingerprint density at radius 1 is 0.926 bits per heavy atom. The van der Waals surface area contributed by atoms with Crippen molar-refractivity contribution in [2.24, 2.45) is 0 Å². The van der Waals surface area contributed by atoms with Gasteiger partial charge in [-0.25, -0.2) is 4.79 Å². The lowest BCUT2D eigenvalue weighted by atomic mass is 9.69. The van der Waals surface area contributed by atoms with Crippen LogP contribution in [-0.4, -0.2) is 50.3 Å². The standard InChI is InChI=1S/C22H41NO4/c1-7-22(19(26)27,17-12-10-8-9-11-14-18(24)25)23(6)20(2,3)15-13-16-21(23,4)5/h7-17H2,1-6H3,(H-,24,25,26,27)/p+1. The summed E-state index contributed by atoms with van der Waals surface area (Å²) < 4.78 is 0.581. The minimum atomic E-state index is -0.783. The number of carboxylic acids is 2. The highest BCUT2D eigenvalue weighted by Crippen LogP contribution is 2.52. The number of rotatable bonds is 11. The molecule has 1 rings (SSSR count). The zero-order chi connectivity index (χ0) is 20.9. The molecule has 0 saturated carbocycles. The molecule has 5 heteroatoms. The average molecular weight is 385 g/mol. The Balaban J connectivity index is 2.96.